The molecule has 1 aromatic carbocycles. The Morgan fingerprint density at radius 3 is 3.00 bits per heavy atom. The smallest absolute Gasteiger partial charge is 0.345 e. The molecule has 17 heavy (non-hydrogen) atoms. The van der Waals surface area contributed by atoms with Gasteiger partial charge in [0.25, 0.3) is 0 Å². The Labute approximate surface area is 98.0 Å². The van der Waals surface area contributed by atoms with Crippen molar-refractivity contribution in [1.29, 1.82) is 0 Å². The first kappa shape index (κ1) is 11.4. The molecule has 1 aliphatic rings. The van der Waals surface area contributed by atoms with E-state index in [9.17, 15) is 9.59 Å². The maximum Gasteiger partial charge on any atom is 0.345 e. The fraction of sp³-hybridized carbons (Fsp3) is 0.333. The average molecular weight is 236 g/mol. The standard InChI is InChI=1S/C12H12O5/c1-2-16-7-3-4-10-8(5-7)9(13)6-11(17-10)12(14)15/h3-5,11H,2,6H2,1H3,(H,14,15). The number of aliphatic carboxylic acids is 1. The minimum absolute atomic E-state index is 0.141. The summed E-state index contributed by atoms with van der Waals surface area (Å²) in [6, 6.07) is 4.80. The number of fused-ring (bicyclic) bond motifs is 1. The van der Waals surface area contributed by atoms with Crippen molar-refractivity contribution in [1.82, 2.24) is 0 Å². The summed E-state index contributed by atoms with van der Waals surface area (Å²) in [5.41, 5.74) is 0.383. The molecule has 5 heteroatoms. The van der Waals surface area contributed by atoms with Crippen LogP contribution in [-0.4, -0.2) is 29.6 Å². The van der Waals surface area contributed by atoms with Crippen LogP contribution in [0.15, 0.2) is 18.2 Å². The van der Waals surface area contributed by atoms with Crippen molar-refractivity contribution < 1.29 is 24.2 Å². The zero-order chi connectivity index (χ0) is 12.4. The highest BCUT2D eigenvalue weighted by Gasteiger charge is 2.31. The van der Waals surface area contributed by atoms with E-state index in [2.05, 4.69) is 0 Å². The fourth-order valence-electron chi connectivity index (χ4n) is 1.70. The van der Waals surface area contributed by atoms with Crippen molar-refractivity contribution in [3.05, 3.63) is 23.8 Å². The molecule has 0 bridgehead atoms. The highest BCUT2D eigenvalue weighted by molar-refractivity contribution is 6.02. The van der Waals surface area contributed by atoms with Crippen LogP contribution in [-0.2, 0) is 4.79 Å². The van der Waals surface area contributed by atoms with E-state index in [4.69, 9.17) is 14.6 Å². The first-order chi connectivity index (χ1) is 8.11. The second kappa shape index (κ2) is 4.45. The first-order valence-electron chi connectivity index (χ1n) is 5.31. The van der Waals surface area contributed by atoms with E-state index in [0.29, 0.717) is 23.7 Å². The second-order valence-corrected chi connectivity index (χ2v) is 3.66. The molecule has 1 aromatic rings. The zero-order valence-electron chi connectivity index (χ0n) is 9.30. The number of benzene rings is 1. The van der Waals surface area contributed by atoms with Crippen LogP contribution in [0, 0.1) is 0 Å². The lowest BCUT2D eigenvalue weighted by Gasteiger charge is -2.22. The van der Waals surface area contributed by atoms with Gasteiger partial charge < -0.3 is 14.6 Å². The minimum atomic E-state index is -1.13. The number of ketones is 1. The summed E-state index contributed by atoms with van der Waals surface area (Å²) in [5, 5.41) is 8.82. The normalized spacial score (nSPS) is 18.2. The molecule has 1 heterocycles. The largest absolute Gasteiger partial charge is 0.494 e. The molecular weight excluding hydrogens is 224 g/mol. The molecule has 2 rings (SSSR count). The number of ether oxygens (including phenoxy) is 2. The molecular formula is C12H12O5. The first-order valence-corrected chi connectivity index (χ1v) is 5.31. The lowest BCUT2D eigenvalue weighted by molar-refractivity contribution is -0.145. The zero-order valence-corrected chi connectivity index (χ0v) is 9.30. The van der Waals surface area contributed by atoms with Gasteiger partial charge in [0.05, 0.1) is 18.6 Å². The molecule has 0 radical (unpaired) electrons. The maximum absolute atomic E-state index is 11.8. The van der Waals surface area contributed by atoms with E-state index in [1.807, 2.05) is 6.92 Å². The van der Waals surface area contributed by atoms with Crippen LogP contribution in [0.4, 0.5) is 0 Å². The average Bonchev–Trinajstić information content (AvgIpc) is 2.30. The molecule has 0 fully saturated rings. The molecule has 0 aromatic heterocycles. The molecule has 5 nitrogen and oxygen atoms in total. The molecule has 90 valence electrons. The SMILES string of the molecule is CCOc1ccc2c(c1)C(=O)CC(C(=O)O)O2. The third-order valence-electron chi connectivity index (χ3n) is 2.48. The van der Waals surface area contributed by atoms with E-state index in [-0.39, 0.29) is 12.2 Å². The van der Waals surface area contributed by atoms with Gasteiger partial charge in [-0.25, -0.2) is 4.79 Å². The van der Waals surface area contributed by atoms with Gasteiger partial charge in [0.15, 0.2) is 5.78 Å². The summed E-state index contributed by atoms with van der Waals surface area (Å²) < 4.78 is 10.5. The third-order valence-corrected chi connectivity index (χ3v) is 2.48. The number of rotatable bonds is 3. The fourth-order valence-corrected chi connectivity index (χ4v) is 1.70. The second-order valence-electron chi connectivity index (χ2n) is 3.66. The van der Waals surface area contributed by atoms with Crippen molar-refractivity contribution in [2.75, 3.05) is 6.61 Å². The Balaban J connectivity index is 2.31. The number of hydrogen-bond acceptors (Lipinski definition) is 4. The van der Waals surface area contributed by atoms with E-state index >= 15 is 0 Å². The Kier molecular flexibility index (Phi) is 2.99. The number of carboxylic acid groups (broad SMARTS) is 1. The summed E-state index contributed by atoms with van der Waals surface area (Å²) in [6.45, 7) is 2.35. The summed E-state index contributed by atoms with van der Waals surface area (Å²) in [7, 11) is 0. The number of carbonyl (C=O) groups excluding carboxylic acids is 1. The Morgan fingerprint density at radius 2 is 2.35 bits per heavy atom. The number of carbonyl (C=O) groups is 2. The highest BCUT2D eigenvalue weighted by Crippen LogP contribution is 2.31. The molecule has 1 N–H and O–H groups in total. The molecule has 1 atom stereocenters. The van der Waals surface area contributed by atoms with Gasteiger partial charge in [-0.3, -0.25) is 4.79 Å². The van der Waals surface area contributed by atoms with E-state index in [1.54, 1.807) is 18.2 Å². The Bertz CT molecular complexity index is 466. The molecule has 1 unspecified atom stereocenters. The monoisotopic (exact) mass is 236 g/mol. The molecule has 0 aliphatic carbocycles. The molecule has 0 amide bonds. The van der Waals surface area contributed by atoms with Crippen LogP contribution in [0.2, 0.25) is 0 Å². The van der Waals surface area contributed by atoms with Crippen LogP contribution in [0.1, 0.15) is 23.7 Å². The molecule has 0 spiro atoms. The number of carboxylic acids is 1. The van der Waals surface area contributed by atoms with Crippen molar-refractivity contribution >= 4 is 11.8 Å². The van der Waals surface area contributed by atoms with Gasteiger partial charge in [0, 0.05) is 0 Å². The van der Waals surface area contributed by atoms with Crippen LogP contribution in [0.3, 0.4) is 0 Å². The minimum Gasteiger partial charge on any atom is -0.494 e. The van der Waals surface area contributed by atoms with Crippen molar-refractivity contribution in [2.24, 2.45) is 0 Å². The lowest BCUT2D eigenvalue weighted by atomic mass is 10.0. The van der Waals surface area contributed by atoms with E-state index in [1.165, 1.54) is 0 Å². The van der Waals surface area contributed by atoms with Crippen molar-refractivity contribution in [3.63, 3.8) is 0 Å². The van der Waals surface area contributed by atoms with Crippen LogP contribution in [0.25, 0.3) is 0 Å². The van der Waals surface area contributed by atoms with Crippen LogP contribution < -0.4 is 9.47 Å². The van der Waals surface area contributed by atoms with Crippen LogP contribution in [0.5, 0.6) is 11.5 Å². The van der Waals surface area contributed by atoms with E-state index < -0.39 is 12.1 Å². The summed E-state index contributed by atoms with van der Waals surface area (Å²) >= 11 is 0. The summed E-state index contributed by atoms with van der Waals surface area (Å²) in [4.78, 5) is 22.5. The molecule has 0 saturated heterocycles. The molecule has 1 aliphatic heterocycles. The maximum atomic E-state index is 11.8. The van der Waals surface area contributed by atoms with Gasteiger partial charge in [0.1, 0.15) is 11.5 Å². The Morgan fingerprint density at radius 1 is 1.59 bits per heavy atom. The van der Waals surface area contributed by atoms with Crippen molar-refractivity contribution in [2.45, 2.75) is 19.4 Å². The molecule has 0 saturated carbocycles. The number of hydrogen-bond donors (Lipinski definition) is 1. The highest BCUT2D eigenvalue weighted by atomic mass is 16.5. The third kappa shape index (κ3) is 2.22. The van der Waals surface area contributed by atoms with Crippen LogP contribution >= 0.6 is 0 Å². The van der Waals surface area contributed by atoms with Gasteiger partial charge in [-0.05, 0) is 25.1 Å². The quantitative estimate of drug-likeness (QED) is 0.861. The number of Topliss-reactive ketones (excluding diaryl/α,β-unsaturated/α-hetero) is 1. The van der Waals surface area contributed by atoms with Gasteiger partial charge in [-0.15, -0.1) is 0 Å². The van der Waals surface area contributed by atoms with E-state index in [0.717, 1.165) is 0 Å². The predicted molar refractivity (Wildman–Crippen MR) is 58.6 cm³/mol. The summed E-state index contributed by atoms with van der Waals surface area (Å²) in [5.74, 6) is -0.479. The van der Waals surface area contributed by atoms with Gasteiger partial charge >= 0.3 is 5.97 Å². The summed E-state index contributed by atoms with van der Waals surface area (Å²) in [6.07, 6.45) is -1.23. The topological polar surface area (TPSA) is 72.8 Å². The Hall–Kier alpha value is -2.04. The predicted octanol–water partition coefficient (Wildman–Crippen LogP) is 1.50. The lowest BCUT2D eigenvalue weighted by Crippen LogP contribution is -2.33. The van der Waals surface area contributed by atoms with Gasteiger partial charge in [-0.1, -0.05) is 0 Å². The van der Waals surface area contributed by atoms with Gasteiger partial charge in [-0.2, -0.15) is 0 Å². The van der Waals surface area contributed by atoms with Crippen molar-refractivity contribution in [3.8, 4) is 11.5 Å². The van der Waals surface area contributed by atoms with Gasteiger partial charge in [0.2, 0.25) is 6.10 Å².